The van der Waals surface area contributed by atoms with Crippen molar-refractivity contribution in [2.24, 2.45) is 0 Å². The summed E-state index contributed by atoms with van der Waals surface area (Å²) in [7, 11) is 0. The quantitative estimate of drug-likeness (QED) is 0.782. The van der Waals surface area contributed by atoms with E-state index < -0.39 is 0 Å². The molecule has 84 valence electrons. The Morgan fingerprint density at radius 1 is 1.25 bits per heavy atom. The van der Waals surface area contributed by atoms with Crippen molar-refractivity contribution in [3.8, 4) is 0 Å². The van der Waals surface area contributed by atoms with Crippen LogP contribution < -0.4 is 4.90 Å². The Hall–Kier alpha value is -1.55. The number of piperidine rings is 1. The fourth-order valence-electron chi connectivity index (χ4n) is 2.22. The third-order valence-corrected chi connectivity index (χ3v) is 3.21. The first-order valence-corrected chi connectivity index (χ1v) is 5.69. The summed E-state index contributed by atoms with van der Waals surface area (Å²) < 4.78 is 2.00. The lowest BCUT2D eigenvalue weighted by molar-refractivity contribution is 0.145. The average molecular weight is 217 g/mol. The molecule has 1 N–H and O–H groups in total. The van der Waals surface area contributed by atoms with Gasteiger partial charge in [0.15, 0.2) is 0 Å². The van der Waals surface area contributed by atoms with Crippen molar-refractivity contribution < 1.29 is 5.11 Å². The number of imidazole rings is 1. The van der Waals surface area contributed by atoms with Gasteiger partial charge in [0.25, 0.3) is 0 Å². The van der Waals surface area contributed by atoms with E-state index in [2.05, 4.69) is 22.0 Å². The van der Waals surface area contributed by atoms with Gasteiger partial charge >= 0.3 is 0 Å². The standard InChI is InChI=1S/C12H15N3O/c16-11-2-6-14(7-3-11)10-1-5-15-8-4-13-12(15)9-10/h1,4-5,8-9,11,16H,2-3,6-7H2. The maximum absolute atomic E-state index is 9.47. The normalized spacial score (nSPS) is 18.2. The van der Waals surface area contributed by atoms with Crippen LogP contribution >= 0.6 is 0 Å². The molecule has 4 nitrogen and oxygen atoms in total. The van der Waals surface area contributed by atoms with E-state index in [1.54, 1.807) is 6.20 Å². The minimum atomic E-state index is -0.119. The van der Waals surface area contributed by atoms with Crippen molar-refractivity contribution in [3.63, 3.8) is 0 Å². The Labute approximate surface area is 94.1 Å². The second-order valence-electron chi connectivity index (χ2n) is 4.30. The number of aliphatic hydroxyl groups excluding tert-OH is 1. The number of pyridine rings is 1. The summed E-state index contributed by atoms with van der Waals surface area (Å²) in [6.07, 6.45) is 7.38. The number of anilines is 1. The van der Waals surface area contributed by atoms with E-state index in [1.165, 1.54) is 5.69 Å². The number of rotatable bonds is 1. The lowest BCUT2D eigenvalue weighted by Gasteiger charge is -2.31. The van der Waals surface area contributed by atoms with E-state index in [4.69, 9.17) is 0 Å². The zero-order valence-electron chi connectivity index (χ0n) is 9.08. The van der Waals surface area contributed by atoms with Crippen molar-refractivity contribution in [1.82, 2.24) is 9.38 Å². The molecule has 1 aliphatic rings. The summed E-state index contributed by atoms with van der Waals surface area (Å²) in [4.78, 5) is 6.58. The molecule has 0 spiro atoms. The van der Waals surface area contributed by atoms with E-state index in [9.17, 15) is 5.11 Å². The molecule has 0 saturated carbocycles. The van der Waals surface area contributed by atoms with Crippen LogP contribution in [0.5, 0.6) is 0 Å². The van der Waals surface area contributed by atoms with Crippen molar-refractivity contribution in [1.29, 1.82) is 0 Å². The number of aromatic nitrogens is 2. The first kappa shape index (κ1) is 9.66. The molecular weight excluding hydrogens is 202 g/mol. The SMILES string of the molecule is OC1CCN(c2ccn3ccnc3c2)CC1. The molecule has 16 heavy (non-hydrogen) atoms. The second-order valence-corrected chi connectivity index (χ2v) is 4.30. The Balaban J connectivity index is 1.87. The van der Waals surface area contributed by atoms with Crippen molar-refractivity contribution >= 4 is 11.3 Å². The minimum absolute atomic E-state index is 0.119. The molecule has 0 bridgehead atoms. The largest absolute Gasteiger partial charge is 0.393 e. The summed E-state index contributed by atoms with van der Waals surface area (Å²) in [5, 5.41) is 9.47. The maximum Gasteiger partial charge on any atom is 0.138 e. The Bertz CT molecular complexity index is 486. The van der Waals surface area contributed by atoms with Gasteiger partial charge in [0.1, 0.15) is 5.65 Å². The fraction of sp³-hybridized carbons (Fsp3) is 0.417. The zero-order valence-corrected chi connectivity index (χ0v) is 9.08. The number of fused-ring (bicyclic) bond motifs is 1. The smallest absolute Gasteiger partial charge is 0.138 e. The minimum Gasteiger partial charge on any atom is -0.393 e. The van der Waals surface area contributed by atoms with Crippen LogP contribution in [0.2, 0.25) is 0 Å². The molecule has 3 rings (SSSR count). The Morgan fingerprint density at radius 2 is 2.06 bits per heavy atom. The van der Waals surface area contributed by atoms with Crippen LogP contribution in [-0.2, 0) is 0 Å². The number of hydrogen-bond acceptors (Lipinski definition) is 3. The molecular formula is C12H15N3O. The van der Waals surface area contributed by atoms with E-state index in [1.807, 2.05) is 16.8 Å². The van der Waals surface area contributed by atoms with Crippen LogP contribution in [0.3, 0.4) is 0 Å². The van der Waals surface area contributed by atoms with E-state index in [-0.39, 0.29) is 6.10 Å². The lowest BCUT2D eigenvalue weighted by Crippen LogP contribution is -2.35. The monoisotopic (exact) mass is 217 g/mol. The predicted molar refractivity (Wildman–Crippen MR) is 62.6 cm³/mol. The summed E-state index contributed by atoms with van der Waals surface area (Å²) in [5.41, 5.74) is 2.18. The molecule has 0 aromatic carbocycles. The van der Waals surface area contributed by atoms with Gasteiger partial charge < -0.3 is 14.4 Å². The van der Waals surface area contributed by atoms with Gasteiger partial charge in [-0.05, 0) is 18.9 Å². The summed E-state index contributed by atoms with van der Waals surface area (Å²) >= 11 is 0. The highest BCUT2D eigenvalue weighted by Crippen LogP contribution is 2.20. The van der Waals surface area contributed by atoms with Crippen LogP contribution in [0, 0.1) is 0 Å². The van der Waals surface area contributed by atoms with Crippen LogP contribution in [-0.4, -0.2) is 33.7 Å². The Morgan fingerprint density at radius 3 is 2.88 bits per heavy atom. The third-order valence-electron chi connectivity index (χ3n) is 3.21. The van der Waals surface area contributed by atoms with E-state index in [0.717, 1.165) is 31.6 Å². The molecule has 2 aromatic heterocycles. The highest BCUT2D eigenvalue weighted by Gasteiger charge is 2.17. The second kappa shape index (κ2) is 3.79. The van der Waals surface area contributed by atoms with Gasteiger partial charge in [-0.2, -0.15) is 0 Å². The molecule has 0 aliphatic carbocycles. The number of aliphatic hydroxyl groups is 1. The Kier molecular flexibility index (Phi) is 2.29. The molecule has 3 heterocycles. The molecule has 1 aliphatic heterocycles. The highest BCUT2D eigenvalue weighted by atomic mass is 16.3. The third kappa shape index (κ3) is 1.65. The van der Waals surface area contributed by atoms with Crippen molar-refractivity contribution in [3.05, 3.63) is 30.7 Å². The van der Waals surface area contributed by atoms with Gasteiger partial charge in [0.05, 0.1) is 6.10 Å². The number of hydrogen-bond donors (Lipinski definition) is 1. The number of nitrogens with zero attached hydrogens (tertiary/aromatic N) is 3. The van der Waals surface area contributed by atoms with Gasteiger partial charge in [-0.3, -0.25) is 0 Å². The highest BCUT2D eigenvalue weighted by molar-refractivity contribution is 5.56. The molecule has 2 aromatic rings. The van der Waals surface area contributed by atoms with Crippen molar-refractivity contribution in [2.45, 2.75) is 18.9 Å². The van der Waals surface area contributed by atoms with E-state index >= 15 is 0 Å². The van der Waals surface area contributed by atoms with Crippen LogP contribution in [0.25, 0.3) is 5.65 Å². The molecule has 0 amide bonds. The van der Waals surface area contributed by atoms with Crippen LogP contribution in [0.4, 0.5) is 5.69 Å². The maximum atomic E-state index is 9.47. The first-order valence-electron chi connectivity index (χ1n) is 5.69. The first-order chi connectivity index (χ1) is 7.83. The van der Waals surface area contributed by atoms with Crippen molar-refractivity contribution in [2.75, 3.05) is 18.0 Å². The molecule has 0 radical (unpaired) electrons. The van der Waals surface area contributed by atoms with Gasteiger partial charge in [0, 0.05) is 43.4 Å². The zero-order chi connectivity index (χ0) is 11.0. The van der Waals surface area contributed by atoms with Crippen LogP contribution in [0.15, 0.2) is 30.7 Å². The van der Waals surface area contributed by atoms with Gasteiger partial charge in [-0.1, -0.05) is 0 Å². The molecule has 1 saturated heterocycles. The summed E-state index contributed by atoms with van der Waals surface area (Å²) in [6.45, 7) is 1.86. The summed E-state index contributed by atoms with van der Waals surface area (Å²) in [5.74, 6) is 0. The topological polar surface area (TPSA) is 40.8 Å². The van der Waals surface area contributed by atoms with Gasteiger partial charge in [0.2, 0.25) is 0 Å². The average Bonchev–Trinajstić information content (AvgIpc) is 2.77. The molecule has 0 unspecified atom stereocenters. The fourth-order valence-corrected chi connectivity index (χ4v) is 2.22. The predicted octanol–water partition coefficient (Wildman–Crippen LogP) is 1.30. The molecule has 0 atom stereocenters. The van der Waals surface area contributed by atoms with E-state index in [0.29, 0.717) is 0 Å². The van der Waals surface area contributed by atoms with Gasteiger partial charge in [-0.25, -0.2) is 4.98 Å². The lowest BCUT2D eigenvalue weighted by atomic mass is 10.1. The molecule has 1 fully saturated rings. The van der Waals surface area contributed by atoms with Gasteiger partial charge in [-0.15, -0.1) is 0 Å². The molecule has 4 heteroatoms. The van der Waals surface area contributed by atoms with Crippen LogP contribution in [0.1, 0.15) is 12.8 Å². The summed E-state index contributed by atoms with van der Waals surface area (Å²) in [6, 6.07) is 4.20.